The summed E-state index contributed by atoms with van der Waals surface area (Å²) < 4.78 is 1.89. The Morgan fingerprint density at radius 2 is 2.29 bits per heavy atom. The van der Waals surface area contributed by atoms with Crippen LogP contribution in [0.3, 0.4) is 0 Å². The average molecular weight is 346 g/mol. The van der Waals surface area contributed by atoms with Gasteiger partial charge in [0.05, 0.1) is 6.04 Å². The maximum atomic E-state index is 12.7. The molecule has 6 nitrogen and oxygen atoms in total. The van der Waals surface area contributed by atoms with E-state index in [1.54, 1.807) is 6.33 Å². The van der Waals surface area contributed by atoms with E-state index in [9.17, 15) is 4.79 Å². The first-order valence-corrected chi connectivity index (χ1v) is 8.68. The number of amides is 2. The molecule has 1 aliphatic carbocycles. The first-order chi connectivity index (χ1) is 11.6. The van der Waals surface area contributed by atoms with Crippen molar-refractivity contribution in [1.29, 1.82) is 0 Å². The molecule has 2 fully saturated rings. The summed E-state index contributed by atoms with van der Waals surface area (Å²) in [5.74, 6) is 1.22. The molecule has 2 aromatic rings. The number of nitrogens with zero attached hydrogens (tertiary/aromatic N) is 4. The number of benzene rings is 1. The Hall–Kier alpha value is -2.08. The Kier molecular flexibility index (Phi) is 3.92. The van der Waals surface area contributed by atoms with Crippen LogP contribution >= 0.6 is 11.6 Å². The number of aryl methyl sites for hydroxylation is 1. The number of hydrogen-bond acceptors (Lipinski definition) is 3. The number of halogens is 1. The molecular formula is C17H20ClN5O. The molecule has 1 saturated heterocycles. The third-order valence-electron chi connectivity index (χ3n) is 4.93. The third kappa shape index (κ3) is 2.86. The lowest BCUT2D eigenvalue weighted by molar-refractivity contribution is 0.189. The van der Waals surface area contributed by atoms with Crippen molar-refractivity contribution < 1.29 is 4.79 Å². The van der Waals surface area contributed by atoms with E-state index in [-0.39, 0.29) is 18.1 Å². The fourth-order valence-electron chi connectivity index (χ4n) is 3.57. The van der Waals surface area contributed by atoms with Crippen LogP contribution in [-0.4, -0.2) is 38.3 Å². The molecule has 2 amide bonds. The molecule has 0 spiro atoms. The Morgan fingerprint density at radius 1 is 1.42 bits per heavy atom. The minimum Gasteiger partial charge on any atom is -0.335 e. The molecule has 2 heterocycles. The minimum atomic E-state index is -0.00460. The van der Waals surface area contributed by atoms with Crippen LogP contribution in [-0.2, 0) is 7.05 Å². The summed E-state index contributed by atoms with van der Waals surface area (Å²) in [6.07, 6.45) is 4.57. The van der Waals surface area contributed by atoms with Crippen molar-refractivity contribution in [1.82, 2.24) is 25.0 Å². The zero-order chi connectivity index (χ0) is 16.7. The lowest BCUT2D eigenvalue weighted by Gasteiger charge is -2.24. The van der Waals surface area contributed by atoms with E-state index in [0.717, 1.165) is 36.7 Å². The highest BCUT2D eigenvalue weighted by Gasteiger charge is 2.42. The largest absolute Gasteiger partial charge is 0.335 e. The molecule has 0 radical (unpaired) electrons. The molecule has 24 heavy (non-hydrogen) atoms. The van der Waals surface area contributed by atoms with E-state index in [0.29, 0.717) is 5.92 Å². The van der Waals surface area contributed by atoms with Gasteiger partial charge in [-0.05, 0) is 37.0 Å². The van der Waals surface area contributed by atoms with Gasteiger partial charge in [0.1, 0.15) is 6.33 Å². The van der Waals surface area contributed by atoms with Gasteiger partial charge >= 0.3 is 6.03 Å². The fourth-order valence-corrected chi connectivity index (χ4v) is 3.77. The van der Waals surface area contributed by atoms with Gasteiger partial charge in [0.25, 0.3) is 0 Å². The summed E-state index contributed by atoms with van der Waals surface area (Å²) in [6, 6.07) is 8.08. The van der Waals surface area contributed by atoms with Gasteiger partial charge in [0.15, 0.2) is 5.82 Å². The quantitative estimate of drug-likeness (QED) is 0.930. The van der Waals surface area contributed by atoms with Gasteiger partial charge < -0.3 is 14.8 Å². The second-order valence-corrected chi connectivity index (χ2v) is 7.04. The Morgan fingerprint density at radius 3 is 3.04 bits per heavy atom. The zero-order valence-electron chi connectivity index (χ0n) is 13.5. The second kappa shape index (κ2) is 6.09. The molecule has 3 atom stereocenters. The molecule has 2 aliphatic rings. The summed E-state index contributed by atoms with van der Waals surface area (Å²) in [5, 5.41) is 12.0. The molecular weight excluding hydrogens is 326 g/mol. The van der Waals surface area contributed by atoms with Crippen molar-refractivity contribution in [3.05, 3.63) is 47.0 Å². The van der Waals surface area contributed by atoms with E-state index in [1.807, 2.05) is 34.7 Å². The lowest BCUT2D eigenvalue weighted by atomic mass is 10.1. The normalized spacial score (nSPS) is 25.8. The Balaban J connectivity index is 1.41. The highest BCUT2D eigenvalue weighted by atomic mass is 35.5. The van der Waals surface area contributed by atoms with Crippen LogP contribution in [0.1, 0.15) is 42.6 Å². The van der Waals surface area contributed by atoms with Crippen molar-refractivity contribution in [2.75, 3.05) is 6.54 Å². The minimum absolute atomic E-state index is 0.00460. The van der Waals surface area contributed by atoms with Gasteiger partial charge in [-0.1, -0.05) is 23.7 Å². The summed E-state index contributed by atoms with van der Waals surface area (Å²) in [7, 11) is 1.92. The topological polar surface area (TPSA) is 63.1 Å². The molecule has 0 unspecified atom stereocenters. The van der Waals surface area contributed by atoms with E-state index in [4.69, 9.17) is 11.6 Å². The molecule has 1 aliphatic heterocycles. The lowest BCUT2D eigenvalue weighted by Crippen LogP contribution is -2.41. The predicted octanol–water partition coefficient (Wildman–Crippen LogP) is 2.87. The Bertz CT molecular complexity index is 761. The van der Waals surface area contributed by atoms with Crippen molar-refractivity contribution in [2.24, 2.45) is 7.05 Å². The van der Waals surface area contributed by atoms with Crippen LogP contribution in [0.15, 0.2) is 30.6 Å². The standard InChI is InChI=1S/C17H20ClN5O/c1-22-10-19-21-16(22)15-6-3-7-23(15)17(24)20-14-9-13(14)11-4-2-5-12(18)8-11/h2,4-5,8,10,13-15H,3,6-7,9H2,1H3,(H,20,24)/t13-,14+,15-/m0/s1. The van der Waals surface area contributed by atoms with Crippen molar-refractivity contribution >= 4 is 17.6 Å². The molecule has 1 saturated carbocycles. The third-order valence-corrected chi connectivity index (χ3v) is 5.17. The number of carbonyl (C=O) groups is 1. The van der Waals surface area contributed by atoms with E-state index in [1.165, 1.54) is 5.56 Å². The van der Waals surface area contributed by atoms with Gasteiger partial charge in [0, 0.05) is 30.6 Å². The SMILES string of the molecule is Cn1cnnc1[C@@H]1CCCN1C(=O)N[C@@H]1C[C@H]1c1cccc(Cl)c1. The summed E-state index contributed by atoms with van der Waals surface area (Å²) in [6.45, 7) is 0.762. The molecule has 1 aromatic heterocycles. The number of likely N-dealkylation sites (tertiary alicyclic amines) is 1. The number of aromatic nitrogens is 3. The van der Waals surface area contributed by atoms with Crippen LogP contribution in [0, 0.1) is 0 Å². The maximum absolute atomic E-state index is 12.7. The van der Waals surface area contributed by atoms with Gasteiger partial charge in [-0.3, -0.25) is 0 Å². The fraction of sp³-hybridized carbons (Fsp3) is 0.471. The zero-order valence-corrected chi connectivity index (χ0v) is 14.3. The molecule has 7 heteroatoms. The number of nitrogens with one attached hydrogen (secondary N) is 1. The number of hydrogen-bond donors (Lipinski definition) is 1. The monoisotopic (exact) mass is 345 g/mol. The highest BCUT2D eigenvalue weighted by Crippen LogP contribution is 2.42. The average Bonchev–Trinajstić information content (AvgIpc) is 2.95. The van der Waals surface area contributed by atoms with Crippen molar-refractivity contribution in [2.45, 2.75) is 37.3 Å². The van der Waals surface area contributed by atoms with E-state index in [2.05, 4.69) is 21.6 Å². The molecule has 4 rings (SSSR count). The molecule has 126 valence electrons. The molecule has 1 N–H and O–H groups in total. The molecule has 1 aromatic carbocycles. The smallest absolute Gasteiger partial charge is 0.318 e. The summed E-state index contributed by atoms with van der Waals surface area (Å²) in [4.78, 5) is 14.6. The van der Waals surface area contributed by atoms with Gasteiger partial charge in [0.2, 0.25) is 0 Å². The van der Waals surface area contributed by atoms with E-state index < -0.39 is 0 Å². The predicted molar refractivity (Wildman–Crippen MR) is 90.8 cm³/mol. The summed E-state index contributed by atoms with van der Waals surface area (Å²) in [5.41, 5.74) is 1.19. The second-order valence-electron chi connectivity index (χ2n) is 6.60. The van der Waals surface area contributed by atoms with Crippen molar-refractivity contribution in [3.63, 3.8) is 0 Å². The van der Waals surface area contributed by atoms with Gasteiger partial charge in [-0.25, -0.2) is 4.79 Å². The van der Waals surface area contributed by atoms with Crippen LogP contribution < -0.4 is 5.32 Å². The van der Waals surface area contributed by atoms with Crippen LogP contribution in [0.4, 0.5) is 4.79 Å². The number of rotatable bonds is 3. The highest BCUT2D eigenvalue weighted by molar-refractivity contribution is 6.30. The maximum Gasteiger partial charge on any atom is 0.318 e. The van der Waals surface area contributed by atoms with E-state index >= 15 is 0 Å². The Labute approximate surface area is 145 Å². The first-order valence-electron chi connectivity index (χ1n) is 8.30. The van der Waals surface area contributed by atoms with Crippen LogP contribution in [0.2, 0.25) is 5.02 Å². The summed E-state index contributed by atoms with van der Waals surface area (Å²) >= 11 is 6.05. The number of carbonyl (C=O) groups excluding carboxylic acids is 1. The van der Waals surface area contributed by atoms with Crippen LogP contribution in [0.25, 0.3) is 0 Å². The van der Waals surface area contributed by atoms with Gasteiger partial charge in [-0.15, -0.1) is 10.2 Å². The molecule has 0 bridgehead atoms. The number of urea groups is 1. The van der Waals surface area contributed by atoms with Crippen molar-refractivity contribution in [3.8, 4) is 0 Å². The van der Waals surface area contributed by atoms with Gasteiger partial charge in [-0.2, -0.15) is 0 Å². The van der Waals surface area contributed by atoms with Crippen LogP contribution in [0.5, 0.6) is 0 Å². The first kappa shape index (κ1) is 15.4.